The molecule has 2 atom stereocenters. The van der Waals surface area contributed by atoms with Gasteiger partial charge in [0.1, 0.15) is 11.9 Å². The first-order valence-electron chi connectivity index (χ1n) is 12.6. The van der Waals surface area contributed by atoms with E-state index in [1.54, 1.807) is 25.3 Å². The fraction of sp³-hybridized carbons (Fsp3) is 0.481. The zero-order valence-electron chi connectivity index (χ0n) is 20.3. The molecule has 8 nitrogen and oxygen atoms in total. The number of carbonyl (C=O) groups excluding carboxylic acids is 3. The third-order valence-electron chi connectivity index (χ3n) is 8.27. The van der Waals surface area contributed by atoms with Gasteiger partial charge in [-0.1, -0.05) is 0 Å². The molecule has 9 heteroatoms. The quantitative estimate of drug-likeness (QED) is 0.660. The molecule has 3 amide bonds. The predicted octanol–water partition coefficient (Wildman–Crippen LogP) is 2.82. The first-order valence-corrected chi connectivity index (χ1v) is 12.6. The predicted molar refractivity (Wildman–Crippen MR) is 128 cm³/mol. The van der Waals surface area contributed by atoms with Crippen LogP contribution in [0.25, 0.3) is 11.3 Å². The maximum absolute atomic E-state index is 15.9. The van der Waals surface area contributed by atoms with Gasteiger partial charge in [0.2, 0.25) is 11.8 Å². The molecule has 1 spiro atoms. The molecule has 0 bridgehead atoms. The van der Waals surface area contributed by atoms with E-state index in [9.17, 15) is 14.4 Å². The summed E-state index contributed by atoms with van der Waals surface area (Å²) in [5, 5.41) is 2.29. The molecule has 1 unspecified atom stereocenters. The van der Waals surface area contributed by atoms with E-state index in [-0.39, 0.29) is 35.8 Å². The van der Waals surface area contributed by atoms with Crippen molar-refractivity contribution in [1.29, 1.82) is 0 Å². The Balaban J connectivity index is 1.23. The van der Waals surface area contributed by atoms with Crippen molar-refractivity contribution in [2.75, 3.05) is 26.3 Å². The number of nitrogens with one attached hydrogen (secondary N) is 1. The highest BCUT2D eigenvalue weighted by Gasteiger charge is 2.45. The minimum Gasteiger partial charge on any atom is -0.380 e. The molecule has 3 saturated heterocycles. The van der Waals surface area contributed by atoms with Crippen molar-refractivity contribution in [3.05, 3.63) is 53.0 Å². The van der Waals surface area contributed by atoms with Crippen LogP contribution in [0, 0.1) is 11.2 Å². The van der Waals surface area contributed by atoms with Crippen LogP contribution >= 0.6 is 0 Å². The van der Waals surface area contributed by atoms with Crippen molar-refractivity contribution in [2.45, 2.75) is 51.2 Å². The number of nitrogens with zero attached hydrogens (tertiary/aromatic N) is 3. The van der Waals surface area contributed by atoms with Crippen molar-refractivity contribution in [1.82, 2.24) is 20.1 Å². The van der Waals surface area contributed by atoms with E-state index >= 15 is 4.39 Å². The molecule has 0 radical (unpaired) electrons. The Morgan fingerprint density at radius 3 is 2.58 bits per heavy atom. The van der Waals surface area contributed by atoms with E-state index in [1.807, 2.05) is 12.1 Å². The van der Waals surface area contributed by atoms with Crippen LogP contribution in [0.2, 0.25) is 0 Å². The van der Waals surface area contributed by atoms with Crippen LogP contribution in [0.5, 0.6) is 0 Å². The topological polar surface area (TPSA) is 91.8 Å². The van der Waals surface area contributed by atoms with Crippen molar-refractivity contribution in [3.63, 3.8) is 0 Å². The van der Waals surface area contributed by atoms with E-state index in [2.05, 4.69) is 15.2 Å². The number of benzene rings is 1. The van der Waals surface area contributed by atoms with Gasteiger partial charge in [-0.25, -0.2) is 4.39 Å². The van der Waals surface area contributed by atoms with Crippen LogP contribution in [0.15, 0.2) is 30.5 Å². The Labute approximate surface area is 208 Å². The fourth-order valence-corrected chi connectivity index (χ4v) is 6.04. The Kier molecular flexibility index (Phi) is 5.64. The zero-order valence-corrected chi connectivity index (χ0v) is 20.3. The van der Waals surface area contributed by atoms with E-state index in [0.717, 1.165) is 51.3 Å². The summed E-state index contributed by atoms with van der Waals surface area (Å²) in [5.41, 5.74) is 2.83. The molecule has 1 aromatic carbocycles. The number of imide groups is 1. The van der Waals surface area contributed by atoms with Gasteiger partial charge in [0.25, 0.3) is 5.91 Å². The molecule has 1 aromatic heterocycles. The maximum atomic E-state index is 15.9. The minimum atomic E-state index is -0.794. The molecular weight excluding hydrogens is 463 g/mol. The van der Waals surface area contributed by atoms with E-state index in [4.69, 9.17) is 4.74 Å². The molecule has 4 aliphatic rings. The highest BCUT2D eigenvalue weighted by molar-refractivity contribution is 6.06. The number of carbonyl (C=O) groups is 3. The molecule has 4 aliphatic heterocycles. The van der Waals surface area contributed by atoms with E-state index < -0.39 is 23.8 Å². The normalized spacial score (nSPS) is 25.6. The summed E-state index contributed by atoms with van der Waals surface area (Å²) in [7, 11) is 0. The number of piperidine rings is 2. The number of rotatable bonds is 4. The summed E-state index contributed by atoms with van der Waals surface area (Å²) in [4.78, 5) is 45.4. The lowest BCUT2D eigenvalue weighted by Crippen LogP contribution is -2.53. The molecule has 36 heavy (non-hydrogen) atoms. The first kappa shape index (κ1) is 23.2. The number of aromatic nitrogens is 1. The van der Waals surface area contributed by atoms with Crippen molar-refractivity contribution < 1.29 is 23.5 Å². The number of hydrogen-bond donors (Lipinski definition) is 1. The van der Waals surface area contributed by atoms with Gasteiger partial charge in [-0.15, -0.1) is 0 Å². The van der Waals surface area contributed by atoms with Crippen molar-refractivity contribution in [2.24, 2.45) is 5.41 Å². The SMILES string of the molecule is C[C@@H]1c2c(ccc(-c3cc(CN4CCC5(CC4)COC5)ccn3)c2F)C(=O)N1C1CCC(=O)NC1=O. The number of fused-ring (bicyclic) bond motifs is 1. The van der Waals surface area contributed by atoms with Crippen molar-refractivity contribution >= 4 is 17.7 Å². The van der Waals surface area contributed by atoms with Crippen molar-refractivity contribution in [3.8, 4) is 11.3 Å². The highest BCUT2D eigenvalue weighted by Crippen LogP contribution is 2.41. The van der Waals surface area contributed by atoms with Gasteiger partial charge in [-0.2, -0.15) is 0 Å². The fourth-order valence-electron chi connectivity index (χ4n) is 6.04. The number of hydrogen-bond acceptors (Lipinski definition) is 6. The van der Waals surface area contributed by atoms with Gasteiger partial charge in [-0.05, 0) is 69.1 Å². The van der Waals surface area contributed by atoms with Gasteiger partial charge >= 0.3 is 0 Å². The molecular formula is C27H29FN4O4. The molecule has 5 heterocycles. The second kappa shape index (κ2) is 8.74. The van der Waals surface area contributed by atoms with Crippen LogP contribution in [0.4, 0.5) is 4.39 Å². The van der Waals surface area contributed by atoms with Gasteiger partial charge < -0.3 is 9.64 Å². The summed E-state index contributed by atoms with van der Waals surface area (Å²) in [6.45, 7) is 6.28. The summed E-state index contributed by atoms with van der Waals surface area (Å²) < 4.78 is 21.3. The van der Waals surface area contributed by atoms with Crippen LogP contribution in [-0.4, -0.2) is 64.9 Å². The van der Waals surface area contributed by atoms with Crippen LogP contribution < -0.4 is 5.32 Å². The third kappa shape index (κ3) is 3.81. The Bertz CT molecular complexity index is 1250. The highest BCUT2D eigenvalue weighted by atomic mass is 19.1. The molecule has 3 fully saturated rings. The summed E-state index contributed by atoms with van der Waals surface area (Å²) in [6.07, 6.45) is 4.36. The lowest BCUT2D eigenvalue weighted by atomic mass is 9.77. The van der Waals surface area contributed by atoms with Gasteiger partial charge in [0.15, 0.2) is 0 Å². The molecule has 6 rings (SSSR count). The number of ether oxygens (including phenoxy) is 1. The monoisotopic (exact) mass is 492 g/mol. The molecule has 188 valence electrons. The summed E-state index contributed by atoms with van der Waals surface area (Å²) >= 11 is 0. The maximum Gasteiger partial charge on any atom is 0.255 e. The summed E-state index contributed by atoms with van der Waals surface area (Å²) in [5.74, 6) is -1.74. The van der Waals surface area contributed by atoms with E-state index in [0.29, 0.717) is 16.7 Å². The lowest BCUT2D eigenvalue weighted by Gasteiger charge is -2.47. The second-order valence-electron chi connectivity index (χ2n) is 10.6. The molecule has 1 N–H and O–H groups in total. The molecule has 0 saturated carbocycles. The smallest absolute Gasteiger partial charge is 0.255 e. The van der Waals surface area contributed by atoms with Crippen LogP contribution in [0.3, 0.4) is 0 Å². The molecule has 0 aliphatic carbocycles. The second-order valence-corrected chi connectivity index (χ2v) is 10.6. The lowest BCUT2D eigenvalue weighted by molar-refractivity contribution is -0.140. The van der Waals surface area contributed by atoms with Gasteiger partial charge in [-0.3, -0.25) is 29.6 Å². The standard InChI is InChI=1S/C27H29FN4O4/c1-16-23-19(26(35)32(16)21-4-5-22(33)30-25(21)34)3-2-18(24(23)28)20-12-17(6-9-29-20)13-31-10-7-27(8-11-31)14-36-15-27/h2-3,6,9,12,16,21H,4-5,7-8,10-11,13-15H2,1H3,(H,30,33,34)/t16-,21?/m1/s1. The first-order chi connectivity index (χ1) is 17.3. The number of halogens is 1. The average Bonchev–Trinajstić information content (AvgIpc) is 3.09. The van der Waals surface area contributed by atoms with Gasteiger partial charge in [0.05, 0.1) is 24.9 Å². The third-order valence-corrected chi connectivity index (χ3v) is 8.27. The zero-order chi connectivity index (χ0) is 25.0. The summed E-state index contributed by atoms with van der Waals surface area (Å²) in [6, 6.07) is 5.68. The Morgan fingerprint density at radius 1 is 1.14 bits per heavy atom. The van der Waals surface area contributed by atoms with Crippen LogP contribution in [-0.2, 0) is 20.9 Å². The number of likely N-dealkylation sites (tertiary alicyclic amines) is 1. The largest absolute Gasteiger partial charge is 0.380 e. The molecule has 2 aromatic rings. The van der Waals surface area contributed by atoms with Gasteiger partial charge in [0, 0.05) is 41.3 Å². The number of pyridine rings is 1. The van der Waals surface area contributed by atoms with Crippen LogP contribution in [0.1, 0.15) is 60.1 Å². The number of amides is 3. The Morgan fingerprint density at radius 2 is 1.89 bits per heavy atom. The van der Waals surface area contributed by atoms with E-state index in [1.165, 1.54) is 4.90 Å². The Hall–Kier alpha value is -3.17. The minimum absolute atomic E-state index is 0.152. The average molecular weight is 493 g/mol.